The van der Waals surface area contributed by atoms with Crippen molar-refractivity contribution in [3.05, 3.63) is 23.4 Å². The number of rotatable bonds is 3. The van der Waals surface area contributed by atoms with Gasteiger partial charge in [0, 0.05) is 23.7 Å². The van der Waals surface area contributed by atoms with Crippen LogP contribution >= 0.6 is 11.6 Å². The van der Waals surface area contributed by atoms with Gasteiger partial charge in [0.15, 0.2) is 0 Å². The summed E-state index contributed by atoms with van der Waals surface area (Å²) in [5.41, 5.74) is -0.333. The first kappa shape index (κ1) is 16.1. The second-order valence-corrected chi connectivity index (χ2v) is 7.07. The zero-order chi connectivity index (χ0) is 15.5. The van der Waals surface area contributed by atoms with Gasteiger partial charge in [-0.05, 0) is 31.7 Å². The van der Waals surface area contributed by atoms with Crippen LogP contribution in [0.3, 0.4) is 0 Å². The number of aromatic nitrogens is 1. The number of carbonyl (C=O) groups excluding carboxylic acids is 1. The highest BCUT2D eigenvalue weighted by Crippen LogP contribution is 2.24. The molecular weight excluding hydrogens is 288 g/mol. The van der Waals surface area contributed by atoms with Crippen molar-refractivity contribution in [3.8, 4) is 5.88 Å². The number of carbonyl (C=O) groups is 1. The van der Waals surface area contributed by atoms with Crippen LogP contribution in [0.4, 0.5) is 0 Å². The van der Waals surface area contributed by atoms with Crippen molar-refractivity contribution < 1.29 is 9.53 Å². The molecule has 1 saturated carbocycles. The summed E-state index contributed by atoms with van der Waals surface area (Å²) < 4.78 is 5.85. The average molecular weight is 311 g/mol. The van der Waals surface area contributed by atoms with Gasteiger partial charge in [0.25, 0.3) is 0 Å². The number of amides is 1. The molecule has 1 amide bonds. The van der Waals surface area contributed by atoms with Crippen molar-refractivity contribution in [2.24, 2.45) is 5.41 Å². The highest BCUT2D eigenvalue weighted by Gasteiger charge is 2.27. The molecule has 1 aromatic heterocycles. The Morgan fingerprint density at radius 3 is 2.48 bits per heavy atom. The van der Waals surface area contributed by atoms with Gasteiger partial charge in [-0.3, -0.25) is 4.79 Å². The van der Waals surface area contributed by atoms with Crippen molar-refractivity contribution >= 4 is 17.5 Å². The predicted molar refractivity (Wildman–Crippen MR) is 83.5 cm³/mol. The third-order valence-corrected chi connectivity index (χ3v) is 3.90. The topological polar surface area (TPSA) is 51.2 Å². The molecule has 1 aliphatic rings. The number of halogens is 1. The number of ether oxygens (including phenoxy) is 1. The lowest BCUT2D eigenvalue weighted by atomic mass is 9.90. The van der Waals surface area contributed by atoms with E-state index in [4.69, 9.17) is 16.3 Å². The Morgan fingerprint density at radius 1 is 1.29 bits per heavy atom. The highest BCUT2D eigenvalue weighted by molar-refractivity contribution is 6.30. The van der Waals surface area contributed by atoms with E-state index in [2.05, 4.69) is 10.3 Å². The zero-order valence-corrected chi connectivity index (χ0v) is 13.6. The maximum atomic E-state index is 12.0. The van der Waals surface area contributed by atoms with Crippen molar-refractivity contribution in [2.75, 3.05) is 0 Å². The predicted octanol–water partition coefficient (Wildman–Crippen LogP) is 3.59. The zero-order valence-electron chi connectivity index (χ0n) is 12.9. The van der Waals surface area contributed by atoms with Crippen molar-refractivity contribution in [2.45, 2.75) is 58.6 Å². The van der Waals surface area contributed by atoms with Crippen molar-refractivity contribution in [1.82, 2.24) is 10.3 Å². The minimum Gasteiger partial charge on any atom is -0.474 e. The lowest BCUT2D eigenvalue weighted by molar-refractivity contribution is -0.129. The van der Waals surface area contributed by atoms with Gasteiger partial charge in [-0.25, -0.2) is 4.98 Å². The molecule has 0 atom stereocenters. The minimum absolute atomic E-state index is 0.117. The average Bonchev–Trinajstić information content (AvgIpc) is 2.42. The molecule has 0 spiro atoms. The molecule has 21 heavy (non-hydrogen) atoms. The van der Waals surface area contributed by atoms with E-state index in [1.807, 2.05) is 20.8 Å². The first-order valence-electron chi connectivity index (χ1n) is 7.44. The molecule has 0 aliphatic heterocycles. The molecule has 1 aromatic rings. The van der Waals surface area contributed by atoms with Gasteiger partial charge in [-0.1, -0.05) is 32.4 Å². The Balaban J connectivity index is 1.78. The molecule has 1 N–H and O–H groups in total. The molecular formula is C16H23ClN2O2. The minimum atomic E-state index is -0.333. The lowest BCUT2D eigenvalue weighted by Crippen LogP contribution is -2.44. The van der Waals surface area contributed by atoms with Crippen LogP contribution in [0.2, 0.25) is 5.02 Å². The van der Waals surface area contributed by atoms with Crippen LogP contribution in [-0.2, 0) is 4.79 Å². The fourth-order valence-electron chi connectivity index (χ4n) is 2.33. The van der Waals surface area contributed by atoms with Gasteiger partial charge in [0.2, 0.25) is 11.8 Å². The van der Waals surface area contributed by atoms with Crippen LogP contribution in [0.15, 0.2) is 18.3 Å². The van der Waals surface area contributed by atoms with Crippen LogP contribution in [-0.4, -0.2) is 23.0 Å². The molecule has 2 rings (SSSR count). The second-order valence-electron chi connectivity index (χ2n) is 6.63. The summed E-state index contributed by atoms with van der Waals surface area (Å²) in [6, 6.07) is 3.82. The molecule has 5 heteroatoms. The van der Waals surface area contributed by atoms with Gasteiger partial charge in [-0.15, -0.1) is 0 Å². The molecule has 0 saturated heterocycles. The SMILES string of the molecule is CC(C)(C)C(=O)NC1CCC(Oc2ccc(Cl)cn2)CC1. The fourth-order valence-corrected chi connectivity index (χ4v) is 2.44. The Hall–Kier alpha value is -1.29. The third kappa shape index (κ3) is 4.88. The first-order valence-corrected chi connectivity index (χ1v) is 7.81. The van der Waals surface area contributed by atoms with Crippen molar-refractivity contribution in [1.29, 1.82) is 0 Å². The molecule has 4 nitrogen and oxygen atoms in total. The third-order valence-electron chi connectivity index (χ3n) is 3.68. The van der Waals surface area contributed by atoms with E-state index in [0.29, 0.717) is 10.9 Å². The van der Waals surface area contributed by atoms with E-state index in [1.54, 1.807) is 18.3 Å². The summed E-state index contributed by atoms with van der Waals surface area (Å²) in [6.07, 6.45) is 5.51. The summed E-state index contributed by atoms with van der Waals surface area (Å²) in [7, 11) is 0. The Bertz CT molecular complexity index is 474. The summed E-state index contributed by atoms with van der Waals surface area (Å²) in [5, 5.41) is 3.73. The Kier molecular flexibility index (Phi) is 5.09. The van der Waals surface area contributed by atoms with Gasteiger partial charge >= 0.3 is 0 Å². The molecule has 0 bridgehead atoms. The van der Waals surface area contributed by atoms with E-state index in [9.17, 15) is 4.79 Å². The van der Waals surface area contributed by atoms with Crippen LogP contribution < -0.4 is 10.1 Å². The molecule has 1 fully saturated rings. The Morgan fingerprint density at radius 2 is 1.95 bits per heavy atom. The summed E-state index contributed by atoms with van der Waals surface area (Å²) >= 11 is 5.80. The maximum Gasteiger partial charge on any atom is 0.225 e. The molecule has 1 aliphatic carbocycles. The van der Waals surface area contributed by atoms with Crippen LogP contribution in [0.25, 0.3) is 0 Å². The van der Waals surface area contributed by atoms with Crippen LogP contribution in [0.1, 0.15) is 46.5 Å². The number of hydrogen-bond donors (Lipinski definition) is 1. The summed E-state index contributed by atoms with van der Waals surface area (Å²) in [5.74, 6) is 0.729. The molecule has 1 heterocycles. The molecule has 116 valence electrons. The van der Waals surface area contributed by atoms with Gasteiger partial charge in [0.1, 0.15) is 6.10 Å². The monoisotopic (exact) mass is 310 g/mol. The van der Waals surface area contributed by atoms with E-state index in [1.165, 1.54) is 0 Å². The number of pyridine rings is 1. The summed E-state index contributed by atoms with van der Waals surface area (Å²) in [4.78, 5) is 16.1. The van der Waals surface area contributed by atoms with Gasteiger partial charge < -0.3 is 10.1 Å². The number of nitrogens with zero attached hydrogens (tertiary/aromatic N) is 1. The smallest absolute Gasteiger partial charge is 0.225 e. The first-order chi connectivity index (χ1) is 9.84. The van der Waals surface area contributed by atoms with Gasteiger partial charge in [0.05, 0.1) is 5.02 Å². The lowest BCUT2D eigenvalue weighted by Gasteiger charge is -2.31. The van der Waals surface area contributed by atoms with Crippen LogP contribution in [0.5, 0.6) is 5.88 Å². The number of nitrogens with one attached hydrogen (secondary N) is 1. The highest BCUT2D eigenvalue weighted by atomic mass is 35.5. The standard InChI is InChI=1S/C16H23ClN2O2/c1-16(2,3)15(20)19-12-5-7-13(8-6-12)21-14-9-4-11(17)10-18-14/h4,9-10,12-13H,5-8H2,1-3H3,(H,19,20). The maximum absolute atomic E-state index is 12.0. The quantitative estimate of drug-likeness (QED) is 0.928. The molecule has 0 aromatic carbocycles. The largest absolute Gasteiger partial charge is 0.474 e. The second kappa shape index (κ2) is 6.65. The van der Waals surface area contributed by atoms with E-state index in [-0.39, 0.29) is 23.5 Å². The van der Waals surface area contributed by atoms with Crippen LogP contribution in [0, 0.1) is 5.41 Å². The van der Waals surface area contributed by atoms with E-state index in [0.717, 1.165) is 25.7 Å². The van der Waals surface area contributed by atoms with E-state index < -0.39 is 0 Å². The molecule has 0 unspecified atom stereocenters. The Labute approximate surface area is 131 Å². The summed E-state index contributed by atoms with van der Waals surface area (Å²) in [6.45, 7) is 5.80. The van der Waals surface area contributed by atoms with E-state index >= 15 is 0 Å². The normalized spacial score (nSPS) is 22.7. The van der Waals surface area contributed by atoms with Gasteiger partial charge in [-0.2, -0.15) is 0 Å². The molecule has 0 radical (unpaired) electrons. The van der Waals surface area contributed by atoms with Crippen molar-refractivity contribution in [3.63, 3.8) is 0 Å². The number of hydrogen-bond acceptors (Lipinski definition) is 3. The fraction of sp³-hybridized carbons (Fsp3) is 0.625.